The Bertz CT molecular complexity index is 1460. The van der Waals surface area contributed by atoms with Crippen molar-refractivity contribution in [3.8, 4) is 11.5 Å². The van der Waals surface area contributed by atoms with Crippen molar-refractivity contribution in [1.29, 1.82) is 0 Å². The van der Waals surface area contributed by atoms with Gasteiger partial charge in [-0.1, -0.05) is 30.3 Å². The molecule has 1 aliphatic rings. The van der Waals surface area contributed by atoms with Crippen LogP contribution in [0.1, 0.15) is 18.1 Å². The molecular weight excluding hydrogens is 565 g/mol. The lowest BCUT2D eigenvalue weighted by atomic mass is 10.1. The summed E-state index contributed by atoms with van der Waals surface area (Å²) in [4.78, 5) is 27.9. The van der Waals surface area contributed by atoms with Gasteiger partial charge in [0, 0.05) is 31.7 Å². The molecule has 0 spiro atoms. The van der Waals surface area contributed by atoms with Gasteiger partial charge in [0.1, 0.15) is 23.4 Å². The molecule has 0 unspecified atom stereocenters. The number of hydrogen-bond donors (Lipinski definition) is 1. The van der Waals surface area contributed by atoms with Crippen LogP contribution in [0.2, 0.25) is 0 Å². The molecule has 1 saturated heterocycles. The van der Waals surface area contributed by atoms with E-state index in [1.807, 2.05) is 18.2 Å². The molecule has 10 nitrogen and oxygen atoms in total. The molecule has 1 N–H and O–H groups in total. The number of para-hydroxylation sites is 1. The Kier molecular flexibility index (Phi) is 10.5. The Morgan fingerprint density at radius 2 is 1.69 bits per heavy atom. The van der Waals surface area contributed by atoms with Gasteiger partial charge in [-0.3, -0.25) is 9.59 Å². The zero-order valence-corrected chi connectivity index (χ0v) is 24.3. The summed E-state index contributed by atoms with van der Waals surface area (Å²) in [5.41, 5.74) is 1.41. The highest BCUT2D eigenvalue weighted by Crippen LogP contribution is 2.21. The van der Waals surface area contributed by atoms with E-state index in [-0.39, 0.29) is 31.1 Å². The van der Waals surface area contributed by atoms with Gasteiger partial charge >= 0.3 is 0 Å². The fourth-order valence-corrected chi connectivity index (χ4v) is 5.83. The lowest BCUT2D eigenvalue weighted by Crippen LogP contribution is -2.48. The summed E-state index contributed by atoms with van der Waals surface area (Å²) in [6.07, 6.45) is 0. The first-order valence-corrected chi connectivity index (χ1v) is 14.9. The number of benzene rings is 3. The van der Waals surface area contributed by atoms with E-state index < -0.39 is 40.3 Å². The number of ether oxygens (including phenoxy) is 3. The summed E-state index contributed by atoms with van der Waals surface area (Å²) in [7, 11) is -2.12. The highest BCUT2D eigenvalue weighted by molar-refractivity contribution is 7.89. The maximum absolute atomic E-state index is 13.5. The molecule has 12 heteroatoms. The quantitative estimate of drug-likeness (QED) is 0.341. The minimum absolute atomic E-state index is 0.0441. The van der Waals surface area contributed by atoms with E-state index in [1.54, 1.807) is 32.2 Å². The summed E-state index contributed by atoms with van der Waals surface area (Å²) in [5, 5.41) is 2.84. The van der Waals surface area contributed by atoms with Crippen molar-refractivity contribution < 1.29 is 36.6 Å². The Hall–Kier alpha value is -4.00. The first-order chi connectivity index (χ1) is 20.2. The van der Waals surface area contributed by atoms with Crippen LogP contribution in [-0.2, 0) is 37.4 Å². The van der Waals surface area contributed by atoms with Crippen LogP contribution in [0.3, 0.4) is 0 Å². The zero-order chi connectivity index (χ0) is 30.1. The molecule has 0 radical (unpaired) electrons. The topological polar surface area (TPSA) is 114 Å². The molecule has 0 bridgehead atoms. The van der Waals surface area contributed by atoms with Gasteiger partial charge in [-0.25, -0.2) is 12.8 Å². The van der Waals surface area contributed by atoms with E-state index in [0.717, 1.165) is 5.56 Å². The average molecular weight is 600 g/mol. The third-order valence-electron chi connectivity index (χ3n) is 6.87. The lowest BCUT2D eigenvalue weighted by molar-refractivity contribution is -0.142. The third kappa shape index (κ3) is 7.84. The minimum Gasteiger partial charge on any atom is -0.496 e. The molecule has 0 saturated carbocycles. The monoisotopic (exact) mass is 599 g/mol. The Morgan fingerprint density at radius 1 is 1.02 bits per heavy atom. The van der Waals surface area contributed by atoms with Crippen LogP contribution in [-0.4, -0.2) is 75.5 Å². The second-order valence-electron chi connectivity index (χ2n) is 9.63. The van der Waals surface area contributed by atoms with Crippen molar-refractivity contribution in [1.82, 2.24) is 14.5 Å². The van der Waals surface area contributed by atoms with E-state index in [1.165, 1.54) is 45.6 Å². The molecule has 1 heterocycles. The number of nitrogens with one attached hydrogen (secondary N) is 1. The summed E-state index contributed by atoms with van der Waals surface area (Å²) < 4.78 is 56.8. The highest BCUT2D eigenvalue weighted by atomic mass is 32.2. The predicted molar refractivity (Wildman–Crippen MR) is 153 cm³/mol. The number of nitrogens with zero attached hydrogens (tertiary/aromatic N) is 2. The Labute approximate surface area is 245 Å². The zero-order valence-electron chi connectivity index (χ0n) is 23.5. The first-order valence-electron chi connectivity index (χ1n) is 13.4. The van der Waals surface area contributed by atoms with Crippen LogP contribution in [0.4, 0.5) is 4.39 Å². The van der Waals surface area contributed by atoms with E-state index in [0.29, 0.717) is 30.3 Å². The number of halogens is 1. The molecule has 0 aliphatic carbocycles. The van der Waals surface area contributed by atoms with Crippen LogP contribution in [0.25, 0.3) is 0 Å². The molecule has 3 aromatic rings. The highest BCUT2D eigenvalue weighted by Gasteiger charge is 2.28. The molecule has 224 valence electrons. The molecule has 1 fully saturated rings. The maximum Gasteiger partial charge on any atom is 0.261 e. The number of carbonyl (C=O) groups is 2. The standard InChI is InChI=1S/C30H34FN3O7S/c1-22(30(36)32-19-24-5-3-4-6-28(24)39-2)34(20-23-7-9-25(31)10-8-23)29(35)21-41-26-11-13-27(14-12-26)42(37,38)33-15-17-40-18-16-33/h3-14,22H,15-21H2,1-2H3,(H,32,36)/t22-/m1/s1. The Morgan fingerprint density at radius 3 is 2.36 bits per heavy atom. The van der Waals surface area contributed by atoms with Gasteiger partial charge in [0.05, 0.1) is 25.2 Å². The van der Waals surface area contributed by atoms with Crippen molar-refractivity contribution in [2.45, 2.75) is 31.0 Å². The van der Waals surface area contributed by atoms with Gasteiger partial charge in [-0.05, 0) is 55.0 Å². The normalized spacial score (nSPS) is 14.5. The van der Waals surface area contributed by atoms with Crippen molar-refractivity contribution in [2.75, 3.05) is 40.0 Å². The smallest absolute Gasteiger partial charge is 0.261 e. The van der Waals surface area contributed by atoms with E-state index in [2.05, 4.69) is 5.32 Å². The number of sulfonamides is 1. The third-order valence-corrected chi connectivity index (χ3v) is 8.79. The number of amides is 2. The second-order valence-corrected chi connectivity index (χ2v) is 11.6. The molecule has 3 aromatic carbocycles. The molecule has 4 rings (SSSR count). The van der Waals surface area contributed by atoms with E-state index >= 15 is 0 Å². The van der Waals surface area contributed by atoms with Crippen LogP contribution in [0.15, 0.2) is 77.7 Å². The van der Waals surface area contributed by atoms with Crippen LogP contribution in [0.5, 0.6) is 11.5 Å². The van der Waals surface area contributed by atoms with Crippen LogP contribution in [0, 0.1) is 5.82 Å². The molecule has 2 amide bonds. The second kappa shape index (κ2) is 14.3. The first kappa shape index (κ1) is 30.9. The number of carbonyl (C=O) groups excluding carboxylic acids is 2. The van der Waals surface area contributed by atoms with Crippen molar-refractivity contribution >= 4 is 21.8 Å². The molecule has 42 heavy (non-hydrogen) atoms. The van der Waals surface area contributed by atoms with Gasteiger partial charge in [0.25, 0.3) is 5.91 Å². The Balaban J connectivity index is 1.43. The number of hydrogen-bond acceptors (Lipinski definition) is 7. The van der Waals surface area contributed by atoms with Gasteiger partial charge < -0.3 is 24.4 Å². The fourth-order valence-electron chi connectivity index (χ4n) is 4.42. The molecule has 0 aromatic heterocycles. The van der Waals surface area contributed by atoms with Gasteiger partial charge in [-0.2, -0.15) is 4.31 Å². The molecular formula is C30H34FN3O7S. The predicted octanol–water partition coefficient (Wildman–Crippen LogP) is 2.97. The van der Waals surface area contributed by atoms with Gasteiger partial charge in [0.2, 0.25) is 15.9 Å². The van der Waals surface area contributed by atoms with Crippen LogP contribution < -0.4 is 14.8 Å². The van der Waals surface area contributed by atoms with Crippen molar-refractivity contribution in [2.24, 2.45) is 0 Å². The van der Waals surface area contributed by atoms with E-state index in [9.17, 15) is 22.4 Å². The molecule has 1 atom stereocenters. The largest absolute Gasteiger partial charge is 0.496 e. The summed E-state index contributed by atoms with van der Waals surface area (Å²) in [6.45, 7) is 2.69. The lowest BCUT2D eigenvalue weighted by Gasteiger charge is -2.29. The minimum atomic E-state index is -3.67. The summed E-state index contributed by atoms with van der Waals surface area (Å²) in [6, 6.07) is 17.9. The van der Waals surface area contributed by atoms with Crippen molar-refractivity contribution in [3.63, 3.8) is 0 Å². The maximum atomic E-state index is 13.5. The van der Waals surface area contributed by atoms with Crippen LogP contribution >= 0.6 is 0 Å². The molecule has 1 aliphatic heterocycles. The fraction of sp³-hybridized carbons (Fsp3) is 0.333. The number of morpholine rings is 1. The SMILES string of the molecule is COc1ccccc1CNC(=O)[C@@H](C)N(Cc1ccc(F)cc1)C(=O)COc1ccc(S(=O)(=O)N2CCOCC2)cc1. The summed E-state index contributed by atoms with van der Waals surface area (Å²) >= 11 is 0. The van der Waals surface area contributed by atoms with Gasteiger partial charge in [0.15, 0.2) is 6.61 Å². The number of rotatable bonds is 12. The van der Waals surface area contributed by atoms with Crippen molar-refractivity contribution in [3.05, 3.63) is 89.7 Å². The number of methoxy groups -OCH3 is 1. The summed E-state index contributed by atoms with van der Waals surface area (Å²) in [5.74, 6) is -0.374. The van der Waals surface area contributed by atoms with E-state index in [4.69, 9.17) is 14.2 Å². The van der Waals surface area contributed by atoms with Gasteiger partial charge in [-0.15, -0.1) is 0 Å². The average Bonchev–Trinajstić information content (AvgIpc) is 3.02.